The Morgan fingerprint density at radius 1 is 0.481 bits per heavy atom. The van der Waals surface area contributed by atoms with E-state index in [0.29, 0.717) is 0 Å². The second-order valence-electron chi connectivity index (χ2n) is 18.0. The van der Waals surface area contributed by atoms with Gasteiger partial charge in [0.1, 0.15) is 0 Å². The molecule has 1 nitrogen and oxygen atoms in total. The van der Waals surface area contributed by atoms with Crippen LogP contribution in [-0.4, -0.2) is 0 Å². The van der Waals surface area contributed by atoms with Crippen LogP contribution < -0.4 is 4.90 Å². The van der Waals surface area contributed by atoms with Crippen LogP contribution in [0.5, 0.6) is 0 Å². The Hall–Kier alpha value is -4.66. The molecule has 5 saturated carbocycles. The van der Waals surface area contributed by atoms with Crippen molar-refractivity contribution in [2.45, 2.75) is 75.0 Å². The molecular weight excluding hydrogens is 671 g/mol. The highest BCUT2D eigenvalue weighted by atomic mass is 32.1. The maximum Gasteiger partial charge on any atom is 0.0554 e. The van der Waals surface area contributed by atoms with E-state index in [0.717, 1.165) is 23.7 Å². The number of benzene rings is 6. The second kappa shape index (κ2) is 11.0. The Bertz CT molecular complexity index is 2660. The average Bonchev–Trinajstić information content (AvgIpc) is 3.83. The van der Waals surface area contributed by atoms with Crippen LogP contribution in [0, 0.1) is 23.7 Å². The second-order valence-corrected chi connectivity index (χ2v) is 19.0. The summed E-state index contributed by atoms with van der Waals surface area (Å²) in [5.41, 5.74) is 16.4. The highest BCUT2D eigenvalue weighted by Crippen LogP contribution is 2.69. The van der Waals surface area contributed by atoms with Crippen molar-refractivity contribution in [3.63, 3.8) is 0 Å². The summed E-state index contributed by atoms with van der Waals surface area (Å²) in [7, 11) is 0. The van der Waals surface area contributed by atoms with E-state index < -0.39 is 0 Å². The van der Waals surface area contributed by atoms with Crippen molar-refractivity contribution in [2.75, 3.05) is 4.90 Å². The molecule has 5 fully saturated rings. The summed E-state index contributed by atoms with van der Waals surface area (Å²) in [6.07, 6.45) is 13.6. The molecule has 7 aliphatic rings. The predicted molar refractivity (Wildman–Crippen MR) is 227 cm³/mol. The first-order valence-electron chi connectivity index (χ1n) is 20.9. The van der Waals surface area contributed by atoms with Crippen LogP contribution in [0.25, 0.3) is 42.4 Å². The Morgan fingerprint density at radius 3 is 1.93 bits per heavy atom. The number of nitrogens with zero attached hydrogens (tertiary/aromatic N) is 1. The topological polar surface area (TPSA) is 3.24 Å². The van der Waals surface area contributed by atoms with Crippen molar-refractivity contribution in [2.24, 2.45) is 23.7 Å². The van der Waals surface area contributed by atoms with Crippen LogP contribution in [-0.2, 0) is 10.8 Å². The van der Waals surface area contributed by atoms with Gasteiger partial charge in [-0.15, -0.1) is 11.3 Å². The molecule has 0 saturated heterocycles. The number of rotatable bonds is 3. The van der Waals surface area contributed by atoms with Crippen molar-refractivity contribution in [3.05, 3.63) is 150 Å². The van der Waals surface area contributed by atoms with Gasteiger partial charge in [-0.25, -0.2) is 0 Å². The molecule has 1 aromatic heterocycles. The number of fused-ring (bicyclic) bond motifs is 11. The first kappa shape index (κ1) is 30.6. The fourth-order valence-electron chi connectivity index (χ4n) is 13.9. The molecule has 54 heavy (non-hydrogen) atoms. The molecule has 6 aromatic carbocycles. The third kappa shape index (κ3) is 3.86. The average molecular weight is 716 g/mol. The first-order chi connectivity index (χ1) is 26.7. The molecule has 14 rings (SSSR count). The first-order valence-corrected chi connectivity index (χ1v) is 21.7. The highest BCUT2D eigenvalue weighted by molar-refractivity contribution is 7.26. The molecule has 2 spiro atoms. The van der Waals surface area contributed by atoms with Crippen LogP contribution in [0.3, 0.4) is 0 Å². The van der Waals surface area contributed by atoms with Gasteiger partial charge in [0.15, 0.2) is 0 Å². The minimum Gasteiger partial charge on any atom is -0.310 e. The van der Waals surface area contributed by atoms with E-state index in [4.69, 9.17) is 0 Å². The Labute approximate surface area is 322 Å². The number of hydrogen-bond donors (Lipinski definition) is 0. The Balaban J connectivity index is 1.06. The van der Waals surface area contributed by atoms with Gasteiger partial charge in [0.25, 0.3) is 0 Å². The molecule has 0 unspecified atom stereocenters. The normalized spacial score (nSPS) is 26.4. The van der Waals surface area contributed by atoms with E-state index in [1.54, 1.807) is 22.3 Å². The van der Waals surface area contributed by atoms with E-state index >= 15 is 0 Å². The molecular formula is C52H45NS. The fraction of sp³-hybridized carbons (Fsp3) is 0.308. The van der Waals surface area contributed by atoms with E-state index in [2.05, 4.69) is 132 Å². The maximum absolute atomic E-state index is 2.64. The van der Waals surface area contributed by atoms with Crippen LogP contribution in [0.1, 0.15) is 86.5 Å². The number of anilines is 3. The molecule has 1 heterocycles. The summed E-state index contributed by atoms with van der Waals surface area (Å²) in [6, 6.07) is 50.2. The third-order valence-electron chi connectivity index (χ3n) is 15.6. The quantitative estimate of drug-likeness (QED) is 0.176. The van der Waals surface area contributed by atoms with Crippen LogP contribution in [0.4, 0.5) is 17.1 Å². The van der Waals surface area contributed by atoms with Gasteiger partial charge in [0.2, 0.25) is 0 Å². The molecule has 7 aliphatic carbocycles. The predicted octanol–water partition coefficient (Wildman–Crippen LogP) is 14.5. The van der Waals surface area contributed by atoms with Gasteiger partial charge in [0, 0.05) is 42.4 Å². The maximum atomic E-state index is 2.64. The molecule has 0 N–H and O–H groups in total. The molecule has 7 aromatic rings. The van der Waals surface area contributed by atoms with E-state index in [9.17, 15) is 0 Å². The molecule has 2 heteroatoms. The lowest BCUT2D eigenvalue weighted by Crippen LogP contribution is -2.55. The fourth-order valence-corrected chi connectivity index (χ4v) is 15.1. The van der Waals surface area contributed by atoms with Gasteiger partial charge in [-0.2, -0.15) is 0 Å². The summed E-state index contributed by atoms with van der Waals surface area (Å²) in [4.78, 5) is 2.64. The molecule has 0 aliphatic heterocycles. The Kier molecular flexibility index (Phi) is 6.23. The van der Waals surface area contributed by atoms with Gasteiger partial charge in [-0.1, -0.05) is 104 Å². The molecule has 4 bridgehead atoms. The Morgan fingerprint density at radius 2 is 1.11 bits per heavy atom. The lowest BCUT2D eigenvalue weighted by Gasteiger charge is -2.61. The summed E-state index contributed by atoms with van der Waals surface area (Å²) in [5.74, 6) is 3.44. The number of hydrogen-bond acceptors (Lipinski definition) is 2. The van der Waals surface area contributed by atoms with Gasteiger partial charge >= 0.3 is 0 Å². The van der Waals surface area contributed by atoms with Crippen LogP contribution >= 0.6 is 11.3 Å². The minimum atomic E-state index is 0.107. The zero-order chi connectivity index (χ0) is 35.2. The summed E-state index contributed by atoms with van der Waals surface area (Å²) in [5, 5.41) is 2.72. The third-order valence-corrected chi connectivity index (χ3v) is 16.8. The molecule has 264 valence electrons. The largest absolute Gasteiger partial charge is 0.310 e. The number of thiophene rings is 1. The van der Waals surface area contributed by atoms with Gasteiger partial charge in [-0.05, 0) is 156 Å². The minimum absolute atomic E-state index is 0.107. The molecule has 0 atom stereocenters. The SMILES string of the molecule is c1ccc2c(c1)-c1ccc(N(c3ccc4c(c3)-c3ccccc3C43C4CC5CC(C4)CC3C5)c3cccc4sc5ccccc5c34)cc1C21CCCCC1. The van der Waals surface area contributed by atoms with Gasteiger partial charge < -0.3 is 4.90 Å². The lowest BCUT2D eigenvalue weighted by molar-refractivity contribution is -0.0399. The monoisotopic (exact) mass is 715 g/mol. The van der Waals surface area contributed by atoms with Gasteiger partial charge in [0.05, 0.1) is 5.69 Å². The summed E-state index contributed by atoms with van der Waals surface area (Å²) < 4.78 is 2.72. The smallest absolute Gasteiger partial charge is 0.0554 e. The molecule has 0 amide bonds. The van der Waals surface area contributed by atoms with Crippen LogP contribution in [0.15, 0.2) is 127 Å². The standard InChI is InChI=1S/C52H45NS/c1-8-23-51(24-9-1)43-14-5-2-11-38(43)40-21-19-37(31-46(40)51)53(47-16-10-18-49-50(47)41-13-4-7-17-48(41)54-49)36-20-22-45-42(30-36)39-12-3-6-15-44(39)52(45)34-26-32-25-33(28-34)29-35(52)27-32/h2-7,10-22,30-35H,1,8-9,23-29H2. The van der Waals surface area contributed by atoms with Crippen molar-refractivity contribution in [1.82, 2.24) is 0 Å². The van der Waals surface area contributed by atoms with E-state index in [1.807, 2.05) is 11.3 Å². The van der Waals surface area contributed by atoms with Crippen molar-refractivity contribution < 1.29 is 0 Å². The van der Waals surface area contributed by atoms with E-state index in [-0.39, 0.29) is 10.8 Å². The lowest BCUT2D eigenvalue weighted by atomic mass is 9.43. The van der Waals surface area contributed by atoms with Crippen molar-refractivity contribution >= 4 is 48.6 Å². The van der Waals surface area contributed by atoms with E-state index in [1.165, 1.54) is 124 Å². The zero-order valence-corrected chi connectivity index (χ0v) is 31.7. The molecule has 0 radical (unpaired) electrons. The van der Waals surface area contributed by atoms with Crippen LogP contribution in [0.2, 0.25) is 0 Å². The van der Waals surface area contributed by atoms with Crippen molar-refractivity contribution in [1.29, 1.82) is 0 Å². The highest BCUT2D eigenvalue weighted by Gasteiger charge is 2.61. The summed E-state index contributed by atoms with van der Waals surface area (Å²) >= 11 is 1.92. The van der Waals surface area contributed by atoms with Gasteiger partial charge in [-0.3, -0.25) is 0 Å². The zero-order valence-electron chi connectivity index (χ0n) is 30.9. The summed E-state index contributed by atoms with van der Waals surface area (Å²) in [6.45, 7) is 0. The van der Waals surface area contributed by atoms with Crippen molar-refractivity contribution in [3.8, 4) is 22.3 Å².